The highest BCUT2D eigenvalue weighted by atomic mass is 32.1. The van der Waals surface area contributed by atoms with Gasteiger partial charge in [0, 0.05) is 18.8 Å². The lowest BCUT2D eigenvalue weighted by Gasteiger charge is -2.23. The van der Waals surface area contributed by atoms with Gasteiger partial charge in [0.05, 0.1) is 5.92 Å². The largest absolute Gasteiger partial charge is 0.414 e. The van der Waals surface area contributed by atoms with Crippen molar-refractivity contribution < 1.29 is 14.0 Å². The number of aryl methyl sites for hydroxylation is 1. The number of amides is 2. The van der Waals surface area contributed by atoms with E-state index in [-0.39, 0.29) is 28.6 Å². The fourth-order valence-corrected chi connectivity index (χ4v) is 4.05. The molecule has 1 fully saturated rings. The van der Waals surface area contributed by atoms with Gasteiger partial charge < -0.3 is 19.6 Å². The zero-order valence-corrected chi connectivity index (χ0v) is 17.8. The van der Waals surface area contributed by atoms with Crippen molar-refractivity contribution in [2.75, 3.05) is 0 Å². The fraction of sp³-hybridized carbons (Fsp3) is 0.600. The molecule has 158 valence electrons. The lowest BCUT2D eigenvalue weighted by atomic mass is 10.0. The summed E-state index contributed by atoms with van der Waals surface area (Å²) in [7, 11) is 0. The molecule has 0 spiro atoms. The van der Waals surface area contributed by atoms with Crippen molar-refractivity contribution in [2.45, 2.75) is 76.9 Å². The molecule has 1 saturated carbocycles. The first-order valence-electron chi connectivity index (χ1n) is 10.3. The van der Waals surface area contributed by atoms with Crippen molar-refractivity contribution in [1.82, 2.24) is 25.4 Å². The van der Waals surface area contributed by atoms with E-state index in [1.54, 1.807) is 6.07 Å². The molecular weight excluding hydrogens is 390 g/mol. The van der Waals surface area contributed by atoms with E-state index in [0.717, 1.165) is 32.1 Å². The van der Waals surface area contributed by atoms with E-state index in [2.05, 4.69) is 27.8 Å². The molecule has 2 aromatic rings. The molecule has 1 aliphatic rings. The summed E-state index contributed by atoms with van der Waals surface area (Å²) in [6.45, 7) is 4.74. The maximum absolute atomic E-state index is 13.0. The molecule has 0 saturated heterocycles. The van der Waals surface area contributed by atoms with Gasteiger partial charge in [-0.05, 0) is 50.5 Å². The van der Waals surface area contributed by atoms with Crippen LogP contribution in [0, 0.1) is 4.84 Å². The van der Waals surface area contributed by atoms with Gasteiger partial charge in [-0.1, -0.05) is 26.2 Å². The number of hydrogen-bond acceptors (Lipinski definition) is 5. The highest BCUT2D eigenvalue weighted by Gasteiger charge is 2.35. The fourth-order valence-electron chi connectivity index (χ4n) is 3.92. The molecule has 29 heavy (non-hydrogen) atoms. The second-order valence-corrected chi connectivity index (χ2v) is 7.82. The molecule has 2 amide bonds. The third kappa shape index (κ3) is 5.14. The predicted octanol–water partition coefficient (Wildman–Crippen LogP) is 3.29. The SMILES string of the molecule is CCCC[C@H](NC(=O)c1cccn1CC)C(=O)N[C@H]1CCC[C@H]1c1n[nH]c(=S)o1. The lowest BCUT2D eigenvalue weighted by molar-refractivity contribution is -0.124. The second-order valence-electron chi connectivity index (χ2n) is 7.45. The van der Waals surface area contributed by atoms with E-state index in [1.165, 1.54) is 0 Å². The minimum atomic E-state index is -0.574. The topological polar surface area (TPSA) is 105 Å². The van der Waals surface area contributed by atoms with Crippen LogP contribution in [0.2, 0.25) is 0 Å². The van der Waals surface area contributed by atoms with Gasteiger partial charge in [0.15, 0.2) is 0 Å². The third-order valence-corrected chi connectivity index (χ3v) is 5.66. The number of unbranched alkanes of at least 4 members (excludes halogenated alkanes) is 1. The van der Waals surface area contributed by atoms with Gasteiger partial charge in [0.1, 0.15) is 11.7 Å². The molecule has 9 heteroatoms. The summed E-state index contributed by atoms with van der Waals surface area (Å²) in [5.41, 5.74) is 0.564. The number of hydrogen-bond donors (Lipinski definition) is 3. The van der Waals surface area contributed by atoms with Gasteiger partial charge in [-0.25, -0.2) is 5.10 Å². The molecule has 0 aromatic carbocycles. The van der Waals surface area contributed by atoms with Gasteiger partial charge in [-0.2, -0.15) is 0 Å². The summed E-state index contributed by atoms with van der Waals surface area (Å²) >= 11 is 4.97. The van der Waals surface area contributed by atoms with E-state index < -0.39 is 6.04 Å². The van der Waals surface area contributed by atoms with Crippen LogP contribution >= 0.6 is 12.2 Å². The third-order valence-electron chi connectivity index (χ3n) is 5.49. The van der Waals surface area contributed by atoms with Gasteiger partial charge >= 0.3 is 0 Å². The van der Waals surface area contributed by atoms with Gasteiger partial charge in [0.2, 0.25) is 11.8 Å². The maximum Gasteiger partial charge on any atom is 0.284 e. The zero-order chi connectivity index (χ0) is 20.8. The number of H-pyrrole nitrogens is 1. The highest BCUT2D eigenvalue weighted by Crippen LogP contribution is 2.33. The number of rotatable bonds is 9. The van der Waals surface area contributed by atoms with E-state index in [4.69, 9.17) is 16.6 Å². The Balaban J connectivity index is 1.68. The molecule has 0 radical (unpaired) electrons. The molecule has 0 bridgehead atoms. The van der Waals surface area contributed by atoms with Crippen LogP contribution in [0.1, 0.15) is 74.7 Å². The summed E-state index contributed by atoms with van der Waals surface area (Å²) in [6, 6.07) is 2.95. The zero-order valence-electron chi connectivity index (χ0n) is 16.9. The predicted molar refractivity (Wildman–Crippen MR) is 111 cm³/mol. The van der Waals surface area contributed by atoms with E-state index in [9.17, 15) is 9.59 Å². The minimum Gasteiger partial charge on any atom is -0.414 e. The van der Waals surface area contributed by atoms with Crippen molar-refractivity contribution in [3.05, 3.63) is 34.8 Å². The van der Waals surface area contributed by atoms with Crippen molar-refractivity contribution >= 4 is 24.0 Å². The molecule has 1 aliphatic carbocycles. The lowest BCUT2D eigenvalue weighted by Crippen LogP contribution is -2.50. The molecule has 3 rings (SSSR count). The summed E-state index contributed by atoms with van der Waals surface area (Å²) in [5.74, 6) is 0.140. The Morgan fingerprint density at radius 2 is 2.24 bits per heavy atom. The minimum absolute atomic E-state index is 0.00764. The van der Waals surface area contributed by atoms with Gasteiger partial charge in [-0.15, -0.1) is 5.10 Å². The monoisotopic (exact) mass is 419 g/mol. The Morgan fingerprint density at radius 1 is 1.41 bits per heavy atom. The first kappa shape index (κ1) is 21.3. The Morgan fingerprint density at radius 3 is 2.93 bits per heavy atom. The van der Waals surface area contributed by atoms with Crippen LogP contribution in [0.5, 0.6) is 0 Å². The molecule has 0 unspecified atom stereocenters. The smallest absolute Gasteiger partial charge is 0.284 e. The summed E-state index contributed by atoms with van der Waals surface area (Å²) in [6.07, 6.45) is 6.96. The molecule has 2 aromatic heterocycles. The summed E-state index contributed by atoms with van der Waals surface area (Å²) in [5, 5.41) is 12.8. The first-order chi connectivity index (χ1) is 14.0. The van der Waals surface area contributed by atoms with Crippen LogP contribution in [0.25, 0.3) is 0 Å². The maximum atomic E-state index is 13.0. The normalized spacial score (nSPS) is 19.8. The Kier molecular flexibility index (Phi) is 7.24. The average molecular weight is 420 g/mol. The molecule has 0 aliphatic heterocycles. The summed E-state index contributed by atoms with van der Waals surface area (Å²) < 4.78 is 7.33. The number of carbonyl (C=O) groups is 2. The molecular formula is C20H29N5O3S. The van der Waals surface area contributed by atoms with Crippen LogP contribution in [-0.2, 0) is 11.3 Å². The van der Waals surface area contributed by atoms with Crippen molar-refractivity contribution in [2.24, 2.45) is 0 Å². The number of nitrogens with zero attached hydrogens (tertiary/aromatic N) is 2. The number of aromatic nitrogens is 3. The van der Waals surface area contributed by atoms with Gasteiger partial charge in [-0.3, -0.25) is 9.59 Å². The number of nitrogens with one attached hydrogen (secondary N) is 3. The van der Waals surface area contributed by atoms with Crippen LogP contribution < -0.4 is 10.6 Å². The van der Waals surface area contributed by atoms with Crippen LogP contribution in [-0.4, -0.2) is 38.7 Å². The van der Waals surface area contributed by atoms with E-state index in [0.29, 0.717) is 24.6 Å². The second kappa shape index (κ2) is 9.87. The quantitative estimate of drug-likeness (QED) is 0.541. The molecule has 3 atom stereocenters. The standard InChI is InChI=1S/C20H29N5O3S/c1-3-5-9-15(22-18(27)16-11-7-12-25(16)4-2)17(26)21-14-10-6-8-13(14)19-23-24-20(29)28-19/h7,11-15H,3-6,8-10H2,1-2H3,(H,21,26)(H,22,27)(H,24,29)/t13-,14+,15+/m1/s1. The Hall–Kier alpha value is -2.42. The number of carbonyl (C=O) groups excluding carboxylic acids is 2. The van der Waals surface area contributed by atoms with Crippen molar-refractivity contribution in [3.8, 4) is 0 Å². The first-order valence-corrected chi connectivity index (χ1v) is 10.8. The number of aromatic amines is 1. The average Bonchev–Trinajstić information content (AvgIpc) is 3.44. The van der Waals surface area contributed by atoms with Crippen LogP contribution in [0.15, 0.2) is 22.7 Å². The van der Waals surface area contributed by atoms with Crippen LogP contribution in [0.4, 0.5) is 0 Å². The highest BCUT2D eigenvalue weighted by molar-refractivity contribution is 7.71. The van der Waals surface area contributed by atoms with Crippen LogP contribution in [0.3, 0.4) is 0 Å². The van der Waals surface area contributed by atoms with E-state index >= 15 is 0 Å². The van der Waals surface area contributed by atoms with Crippen molar-refractivity contribution in [3.63, 3.8) is 0 Å². The Bertz CT molecular complexity index is 887. The molecule has 8 nitrogen and oxygen atoms in total. The molecule has 3 N–H and O–H groups in total. The Labute approximate surface area is 175 Å². The van der Waals surface area contributed by atoms with Gasteiger partial charge in [0.25, 0.3) is 10.7 Å². The van der Waals surface area contributed by atoms with E-state index in [1.807, 2.05) is 23.8 Å². The molecule has 2 heterocycles. The summed E-state index contributed by atoms with van der Waals surface area (Å²) in [4.78, 5) is 26.0. The van der Waals surface area contributed by atoms with Crippen molar-refractivity contribution in [1.29, 1.82) is 0 Å².